The van der Waals surface area contributed by atoms with Gasteiger partial charge < -0.3 is 15.0 Å². The molecule has 0 bridgehead atoms. The standard InChI is InChI=1S/C25H28N4O4/c30-23-9-8-22(24(31)27-23)29-16-20-19(25(29)32)6-3-7-21(20)26-14-17-4-1-2-5-18(17)15-28-10-12-33-13-11-28/h1-7,22,26H,8-16H2,(H,27,30,31)/i1D,2D,4D,5D,8D2,9D2. The number of amides is 3. The van der Waals surface area contributed by atoms with E-state index in [-0.39, 0.29) is 42.8 Å². The van der Waals surface area contributed by atoms with Gasteiger partial charge in [0.1, 0.15) is 6.04 Å². The average Bonchev–Trinajstić information content (AvgIpc) is 3.26. The number of ether oxygens (including phenoxy) is 1. The fraction of sp³-hybridized carbons (Fsp3) is 0.400. The van der Waals surface area contributed by atoms with Crippen LogP contribution >= 0.6 is 0 Å². The zero-order valence-electron chi connectivity index (χ0n) is 25.8. The van der Waals surface area contributed by atoms with Crippen LogP contribution in [0.4, 0.5) is 5.69 Å². The molecule has 2 aromatic carbocycles. The highest BCUT2D eigenvalue weighted by Gasteiger charge is 2.39. The van der Waals surface area contributed by atoms with E-state index in [1.165, 1.54) is 6.07 Å². The number of carbonyl (C=O) groups is 3. The molecule has 172 valence electrons. The Balaban J connectivity index is 1.44. The number of anilines is 1. The van der Waals surface area contributed by atoms with E-state index in [4.69, 9.17) is 15.7 Å². The van der Waals surface area contributed by atoms with Crippen LogP contribution in [0.15, 0.2) is 42.4 Å². The minimum absolute atomic E-state index is 0.0109. The van der Waals surface area contributed by atoms with Gasteiger partial charge in [0.05, 0.1) is 18.7 Å². The molecule has 3 aliphatic heterocycles. The van der Waals surface area contributed by atoms with Gasteiger partial charge in [0.15, 0.2) is 0 Å². The van der Waals surface area contributed by atoms with Crippen molar-refractivity contribution in [1.29, 1.82) is 0 Å². The van der Waals surface area contributed by atoms with Gasteiger partial charge in [-0.1, -0.05) is 30.2 Å². The van der Waals surface area contributed by atoms with E-state index in [0.29, 0.717) is 55.2 Å². The van der Waals surface area contributed by atoms with Crippen molar-refractivity contribution in [2.75, 3.05) is 31.6 Å². The molecule has 3 heterocycles. The zero-order valence-corrected chi connectivity index (χ0v) is 17.8. The van der Waals surface area contributed by atoms with Crippen molar-refractivity contribution in [3.63, 3.8) is 0 Å². The molecule has 1 atom stereocenters. The predicted octanol–water partition coefficient (Wildman–Crippen LogP) is 1.89. The summed E-state index contributed by atoms with van der Waals surface area (Å²) in [5.41, 5.74) is 1.80. The van der Waals surface area contributed by atoms with Crippen molar-refractivity contribution < 1.29 is 30.1 Å². The van der Waals surface area contributed by atoms with Crippen LogP contribution in [-0.2, 0) is 34.0 Å². The Bertz CT molecular complexity index is 1450. The van der Waals surface area contributed by atoms with Crippen LogP contribution in [-0.4, -0.2) is 59.9 Å². The number of nitrogens with one attached hydrogen (secondary N) is 2. The van der Waals surface area contributed by atoms with Gasteiger partial charge >= 0.3 is 0 Å². The van der Waals surface area contributed by atoms with Crippen LogP contribution in [0.2, 0.25) is 0 Å². The third-order valence-electron chi connectivity index (χ3n) is 5.91. The first-order chi connectivity index (χ1) is 19.3. The summed E-state index contributed by atoms with van der Waals surface area (Å²) in [6.07, 6.45) is -6.06. The molecule has 8 nitrogen and oxygen atoms in total. The molecular weight excluding hydrogens is 420 g/mol. The Hall–Kier alpha value is -3.23. The number of nitrogens with zero attached hydrogens (tertiary/aromatic N) is 2. The summed E-state index contributed by atoms with van der Waals surface area (Å²) >= 11 is 0. The number of carbonyl (C=O) groups excluding carboxylic acids is 3. The maximum absolute atomic E-state index is 13.3. The molecule has 3 amide bonds. The second-order valence-electron chi connectivity index (χ2n) is 7.95. The molecule has 3 aliphatic rings. The molecule has 0 spiro atoms. The summed E-state index contributed by atoms with van der Waals surface area (Å²) in [5.74, 6) is -3.22. The van der Waals surface area contributed by atoms with Crippen LogP contribution in [0.5, 0.6) is 0 Å². The lowest BCUT2D eigenvalue weighted by molar-refractivity contribution is -0.136. The van der Waals surface area contributed by atoms with E-state index in [1.807, 2.05) is 10.2 Å². The average molecular weight is 457 g/mol. The normalized spacial score (nSPS) is 27.7. The van der Waals surface area contributed by atoms with Gasteiger partial charge in [-0.3, -0.25) is 24.6 Å². The number of fused-ring (bicyclic) bond motifs is 1. The van der Waals surface area contributed by atoms with Crippen molar-refractivity contribution in [3.8, 4) is 0 Å². The van der Waals surface area contributed by atoms with Crippen LogP contribution in [0.25, 0.3) is 0 Å². The fourth-order valence-electron chi connectivity index (χ4n) is 4.18. The SMILES string of the molecule is [2H]c1c([2H])c([2H])c(CN2CCOCC2)c(CNc2cccc3c2CN(C2C(=O)NC(=O)C([2H])([2H])C2([2H])[2H])C3=O)c1[2H]. The van der Waals surface area contributed by atoms with Gasteiger partial charge in [-0.25, -0.2) is 0 Å². The lowest BCUT2D eigenvalue weighted by atomic mass is 10.0. The van der Waals surface area contributed by atoms with E-state index in [9.17, 15) is 14.4 Å². The monoisotopic (exact) mass is 456 g/mol. The van der Waals surface area contributed by atoms with Gasteiger partial charge in [-0.15, -0.1) is 0 Å². The second-order valence-corrected chi connectivity index (χ2v) is 7.95. The number of benzene rings is 2. The van der Waals surface area contributed by atoms with Gasteiger partial charge in [0, 0.05) is 61.4 Å². The summed E-state index contributed by atoms with van der Waals surface area (Å²) in [4.78, 5) is 41.0. The highest BCUT2D eigenvalue weighted by molar-refractivity contribution is 6.06. The maximum Gasteiger partial charge on any atom is 0.255 e. The van der Waals surface area contributed by atoms with E-state index in [1.54, 1.807) is 12.1 Å². The molecule has 2 fully saturated rings. The Morgan fingerprint density at radius 3 is 2.76 bits per heavy atom. The van der Waals surface area contributed by atoms with Crippen molar-refractivity contribution in [2.45, 2.75) is 38.4 Å². The summed E-state index contributed by atoms with van der Waals surface area (Å²) in [6.45, 7) is 2.31. The number of imide groups is 1. The Labute approximate surface area is 204 Å². The molecule has 0 aromatic heterocycles. The zero-order chi connectivity index (χ0) is 29.9. The van der Waals surface area contributed by atoms with Gasteiger partial charge in [0.2, 0.25) is 11.8 Å². The second kappa shape index (κ2) is 9.33. The summed E-state index contributed by atoms with van der Waals surface area (Å²) in [6, 6.07) is 1.81. The lowest BCUT2D eigenvalue weighted by Gasteiger charge is -2.29. The first kappa shape index (κ1) is 14.1. The molecule has 0 aliphatic carbocycles. The molecule has 0 radical (unpaired) electrons. The van der Waals surface area contributed by atoms with Gasteiger partial charge in [-0.2, -0.15) is 0 Å². The third-order valence-corrected chi connectivity index (χ3v) is 5.91. The summed E-state index contributed by atoms with van der Waals surface area (Å²) in [5, 5.41) is 5.00. The Kier molecular flexibility index (Phi) is 3.99. The van der Waals surface area contributed by atoms with E-state index >= 15 is 0 Å². The summed E-state index contributed by atoms with van der Waals surface area (Å²) < 4.78 is 71.2. The predicted molar refractivity (Wildman–Crippen MR) is 122 cm³/mol. The van der Waals surface area contributed by atoms with Crippen molar-refractivity contribution in [2.24, 2.45) is 0 Å². The molecular formula is C25H28N4O4. The molecule has 1 unspecified atom stereocenters. The molecule has 5 rings (SSSR count). The van der Waals surface area contributed by atoms with Crippen molar-refractivity contribution in [3.05, 3.63) is 64.6 Å². The largest absolute Gasteiger partial charge is 0.381 e. The number of hydrogen-bond acceptors (Lipinski definition) is 6. The molecule has 33 heavy (non-hydrogen) atoms. The number of hydrogen-bond donors (Lipinski definition) is 2. The van der Waals surface area contributed by atoms with Crippen molar-refractivity contribution in [1.82, 2.24) is 15.1 Å². The van der Waals surface area contributed by atoms with E-state index in [0.717, 1.165) is 4.90 Å². The number of morpholine rings is 1. The van der Waals surface area contributed by atoms with Crippen LogP contribution < -0.4 is 10.6 Å². The maximum atomic E-state index is 13.3. The van der Waals surface area contributed by atoms with Crippen LogP contribution in [0.3, 0.4) is 0 Å². The van der Waals surface area contributed by atoms with Gasteiger partial charge in [-0.05, 0) is 29.6 Å². The fourth-order valence-corrected chi connectivity index (χ4v) is 4.18. The van der Waals surface area contributed by atoms with E-state index in [2.05, 4.69) is 5.32 Å². The van der Waals surface area contributed by atoms with Crippen LogP contribution in [0.1, 0.15) is 50.8 Å². The first-order valence-corrected chi connectivity index (χ1v) is 10.7. The molecule has 8 heteroatoms. The third kappa shape index (κ3) is 4.49. The van der Waals surface area contributed by atoms with E-state index < -0.39 is 36.5 Å². The molecule has 0 saturated carbocycles. The number of piperidine rings is 1. The lowest BCUT2D eigenvalue weighted by Crippen LogP contribution is -2.52. The topological polar surface area (TPSA) is 91.0 Å². The van der Waals surface area contributed by atoms with Crippen molar-refractivity contribution >= 4 is 23.4 Å². The summed E-state index contributed by atoms with van der Waals surface area (Å²) in [7, 11) is 0. The number of rotatable bonds is 6. The highest BCUT2D eigenvalue weighted by Crippen LogP contribution is 2.32. The first-order valence-electron chi connectivity index (χ1n) is 14.7. The molecule has 2 aromatic rings. The molecule has 2 N–H and O–H groups in total. The smallest absolute Gasteiger partial charge is 0.255 e. The minimum Gasteiger partial charge on any atom is -0.381 e. The Morgan fingerprint density at radius 1 is 1.15 bits per heavy atom. The Morgan fingerprint density at radius 2 is 1.94 bits per heavy atom. The minimum atomic E-state index is -3.06. The van der Waals surface area contributed by atoms with Crippen LogP contribution in [0, 0.1) is 0 Å². The van der Waals surface area contributed by atoms with Gasteiger partial charge in [0.25, 0.3) is 5.91 Å². The molecule has 2 saturated heterocycles. The highest BCUT2D eigenvalue weighted by atomic mass is 16.5. The quantitative estimate of drug-likeness (QED) is 0.645.